The number of carbonyl (C=O) groups is 1. The van der Waals surface area contributed by atoms with Gasteiger partial charge in [0.05, 0.1) is 12.7 Å². The number of carbonyl (C=O) groups excluding carboxylic acids is 1. The van der Waals surface area contributed by atoms with Crippen molar-refractivity contribution >= 4 is 21.8 Å². The molecule has 1 atom stereocenters. The van der Waals surface area contributed by atoms with Gasteiger partial charge >= 0.3 is 0 Å². The molecule has 0 bridgehead atoms. The Morgan fingerprint density at radius 3 is 2.65 bits per heavy atom. The van der Waals surface area contributed by atoms with E-state index in [-0.39, 0.29) is 10.7 Å². The molecule has 17 heavy (non-hydrogen) atoms. The Bertz CT molecular complexity index is 379. The summed E-state index contributed by atoms with van der Waals surface area (Å²) in [4.78, 5) is 12.2. The predicted molar refractivity (Wildman–Crippen MR) is 72.9 cm³/mol. The van der Waals surface area contributed by atoms with Crippen LogP contribution >= 0.6 is 15.9 Å². The van der Waals surface area contributed by atoms with Crippen LogP contribution in [0.2, 0.25) is 0 Å². The molecule has 0 spiro atoms. The molecule has 0 saturated carbocycles. The molecule has 1 amide bonds. The zero-order valence-corrected chi connectivity index (χ0v) is 12.0. The first-order valence-electron chi connectivity index (χ1n) is 5.61. The third-order valence-electron chi connectivity index (χ3n) is 2.53. The Hall–Kier alpha value is -1.03. The van der Waals surface area contributed by atoms with Crippen molar-refractivity contribution < 1.29 is 9.53 Å². The van der Waals surface area contributed by atoms with E-state index >= 15 is 0 Å². The molecule has 1 unspecified atom stereocenters. The summed E-state index contributed by atoms with van der Waals surface area (Å²) in [6.07, 6.45) is 0. The van der Waals surface area contributed by atoms with Crippen molar-refractivity contribution in [2.75, 3.05) is 13.7 Å². The maximum Gasteiger partial charge on any atom is 0.255 e. The molecule has 0 aliphatic heterocycles. The summed E-state index contributed by atoms with van der Waals surface area (Å²) in [7, 11) is 1.56. The molecule has 1 rings (SSSR count). The van der Waals surface area contributed by atoms with Crippen LogP contribution < -0.4 is 10.1 Å². The quantitative estimate of drug-likeness (QED) is 0.849. The van der Waals surface area contributed by atoms with Gasteiger partial charge in [0.25, 0.3) is 5.91 Å². The monoisotopic (exact) mass is 299 g/mol. The summed E-state index contributed by atoms with van der Waals surface area (Å²) in [6, 6.07) is 7.21. The minimum absolute atomic E-state index is 0.104. The molecule has 94 valence electrons. The van der Waals surface area contributed by atoms with Crippen molar-refractivity contribution in [3.8, 4) is 5.75 Å². The molecular weight excluding hydrogens is 282 g/mol. The molecule has 1 N–H and O–H groups in total. The third-order valence-corrected chi connectivity index (χ3v) is 3.91. The molecule has 0 radical (unpaired) electrons. The van der Waals surface area contributed by atoms with E-state index in [1.807, 2.05) is 12.1 Å². The molecule has 0 aliphatic rings. The lowest BCUT2D eigenvalue weighted by Gasteiger charge is -2.15. The van der Waals surface area contributed by atoms with Crippen LogP contribution in [0, 0.1) is 5.92 Å². The largest absolute Gasteiger partial charge is 0.496 e. The number of methoxy groups -OCH3 is 1. The van der Waals surface area contributed by atoms with Crippen LogP contribution in [0.15, 0.2) is 24.3 Å². The second-order valence-electron chi connectivity index (χ2n) is 4.17. The van der Waals surface area contributed by atoms with Gasteiger partial charge in [-0.3, -0.25) is 4.79 Å². The molecule has 1 aromatic rings. The third kappa shape index (κ3) is 4.04. The molecule has 1 aromatic carbocycles. The van der Waals surface area contributed by atoms with E-state index in [1.165, 1.54) is 0 Å². The van der Waals surface area contributed by atoms with E-state index in [0.29, 0.717) is 23.8 Å². The highest BCUT2D eigenvalue weighted by Crippen LogP contribution is 2.17. The van der Waals surface area contributed by atoms with Gasteiger partial charge in [-0.15, -0.1) is 0 Å². The second-order valence-corrected chi connectivity index (χ2v) is 5.35. The average molecular weight is 300 g/mol. The van der Waals surface area contributed by atoms with Gasteiger partial charge in [0.2, 0.25) is 0 Å². The predicted octanol–water partition coefficient (Wildman–Crippen LogP) is 2.84. The minimum atomic E-state index is -0.104. The maximum absolute atomic E-state index is 11.9. The summed E-state index contributed by atoms with van der Waals surface area (Å²) >= 11 is 3.53. The first kappa shape index (κ1) is 14.0. The molecule has 0 aliphatic carbocycles. The topological polar surface area (TPSA) is 38.3 Å². The summed E-state index contributed by atoms with van der Waals surface area (Å²) in [5.41, 5.74) is 0.568. The standard InChI is InChI=1S/C13H18BrNO2/c1-9(2)11(14)8-15-13(16)10-6-4-5-7-12(10)17-3/h4-7,9,11H,8H2,1-3H3,(H,15,16). The van der Waals surface area contributed by atoms with Crippen LogP contribution in [0.25, 0.3) is 0 Å². The normalized spacial score (nSPS) is 12.3. The van der Waals surface area contributed by atoms with E-state index in [9.17, 15) is 4.79 Å². The van der Waals surface area contributed by atoms with Crippen molar-refractivity contribution in [3.05, 3.63) is 29.8 Å². The highest BCUT2D eigenvalue weighted by molar-refractivity contribution is 9.09. The van der Waals surface area contributed by atoms with E-state index < -0.39 is 0 Å². The van der Waals surface area contributed by atoms with Crippen LogP contribution in [-0.4, -0.2) is 24.4 Å². The lowest BCUT2D eigenvalue weighted by molar-refractivity contribution is 0.0950. The van der Waals surface area contributed by atoms with Crippen molar-refractivity contribution in [3.63, 3.8) is 0 Å². The number of hydrogen-bond donors (Lipinski definition) is 1. The lowest BCUT2D eigenvalue weighted by atomic mass is 10.1. The van der Waals surface area contributed by atoms with E-state index in [4.69, 9.17) is 4.74 Å². The number of alkyl halides is 1. The van der Waals surface area contributed by atoms with Gasteiger partial charge in [-0.1, -0.05) is 41.9 Å². The Labute approximate surface area is 111 Å². The zero-order chi connectivity index (χ0) is 12.8. The number of amides is 1. The van der Waals surface area contributed by atoms with Gasteiger partial charge < -0.3 is 10.1 Å². The van der Waals surface area contributed by atoms with Crippen LogP contribution in [0.4, 0.5) is 0 Å². The summed E-state index contributed by atoms with van der Waals surface area (Å²) in [5.74, 6) is 0.973. The Kier molecular flexibility index (Phi) is 5.48. The fraction of sp³-hybridized carbons (Fsp3) is 0.462. The fourth-order valence-corrected chi connectivity index (χ4v) is 1.52. The molecular formula is C13H18BrNO2. The summed E-state index contributed by atoms with van der Waals surface area (Å²) in [6.45, 7) is 4.82. The second kappa shape index (κ2) is 6.64. The van der Waals surface area contributed by atoms with Crippen molar-refractivity contribution in [2.24, 2.45) is 5.92 Å². The minimum Gasteiger partial charge on any atom is -0.496 e. The van der Waals surface area contributed by atoms with Crippen LogP contribution in [0.3, 0.4) is 0 Å². The van der Waals surface area contributed by atoms with Crippen LogP contribution in [0.1, 0.15) is 24.2 Å². The zero-order valence-electron chi connectivity index (χ0n) is 10.4. The number of benzene rings is 1. The van der Waals surface area contributed by atoms with Crippen molar-refractivity contribution in [2.45, 2.75) is 18.7 Å². The Morgan fingerprint density at radius 1 is 1.41 bits per heavy atom. The number of para-hydroxylation sites is 1. The van der Waals surface area contributed by atoms with E-state index in [1.54, 1.807) is 19.2 Å². The molecule has 0 fully saturated rings. The first-order valence-corrected chi connectivity index (χ1v) is 6.53. The first-order chi connectivity index (χ1) is 8.06. The van der Waals surface area contributed by atoms with Crippen LogP contribution in [0.5, 0.6) is 5.75 Å². The summed E-state index contributed by atoms with van der Waals surface area (Å²) in [5, 5.41) is 2.89. The highest BCUT2D eigenvalue weighted by atomic mass is 79.9. The smallest absolute Gasteiger partial charge is 0.255 e. The number of hydrogen-bond acceptors (Lipinski definition) is 2. The van der Waals surface area contributed by atoms with E-state index in [2.05, 4.69) is 35.1 Å². The molecule has 0 aromatic heterocycles. The van der Waals surface area contributed by atoms with Crippen molar-refractivity contribution in [1.29, 1.82) is 0 Å². The fourth-order valence-electron chi connectivity index (χ4n) is 1.35. The molecule has 4 heteroatoms. The molecule has 3 nitrogen and oxygen atoms in total. The lowest BCUT2D eigenvalue weighted by Crippen LogP contribution is -2.31. The van der Waals surface area contributed by atoms with Gasteiger partial charge in [0, 0.05) is 11.4 Å². The molecule has 0 saturated heterocycles. The van der Waals surface area contributed by atoms with Gasteiger partial charge in [-0.05, 0) is 18.1 Å². The van der Waals surface area contributed by atoms with Gasteiger partial charge in [0.1, 0.15) is 5.75 Å². The highest BCUT2D eigenvalue weighted by Gasteiger charge is 2.14. The van der Waals surface area contributed by atoms with Crippen molar-refractivity contribution in [1.82, 2.24) is 5.32 Å². The van der Waals surface area contributed by atoms with Gasteiger partial charge in [-0.25, -0.2) is 0 Å². The van der Waals surface area contributed by atoms with Gasteiger partial charge in [-0.2, -0.15) is 0 Å². The number of halogens is 1. The summed E-state index contributed by atoms with van der Waals surface area (Å²) < 4.78 is 5.15. The number of rotatable bonds is 5. The Morgan fingerprint density at radius 2 is 2.06 bits per heavy atom. The number of nitrogens with one attached hydrogen (secondary N) is 1. The number of ether oxygens (including phenoxy) is 1. The maximum atomic E-state index is 11.9. The average Bonchev–Trinajstić information content (AvgIpc) is 2.35. The van der Waals surface area contributed by atoms with E-state index in [0.717, 1.165) is 0 Å². The van der Waals surface area contributed by atoms with Gasteiger partial charge in [0.15, 0.2) is 0 Å². The SMILES string of the molecule is COc1ccccc1C(=O)NCC(Br)C(C)C. The molecule has 0 heterocycles. The van der Waals surface area contributed by atoms with Crippen LogP contribution in [-0.2, 0) is 0 Å². The Balaban J connectivity index is 2.64.